The van der Waals surface area contributed by atoms with Crippen molar-refractivity contribution >= 4 is 17.6 Å². The molecule has 3 N–H and O–H groups in total. The van der Waals surface area contributed by atoms with Gasteiger partial charge in [-0.2, -0.15) is 0 Å². The van der Waals surface area contributed by atoms with Gasteiger partial charge in [-0.05, 0) is 17.7 Å². The van der Waals surface area contributed by atoms with E-state index in [9.17, 15) is 9.59 Å². The second kappa shape index (κ2) is 5.44. The molecule has 3 rings (SSSR count). The Morgan fingerprint density at radius 3 is 1.95 bits per heavy atom. The van der Waals surface area contributed by atoms with E-state index in [0.29, 0.717) is 17.5 Å². The maximum Gasteiger partial charge on any atom is 0.262 e. The quantitative estimate of drug-likeness (QED) is 0.512. The fourth-order valence-corrected chi connectivity index (χ4v) is 2.67. The van der Waals surface area contributed by atoms with Crippen molar-refractivity contribution in [2.75, 3.05) is 0 Å². The normalized spacial score (nSPS) is 14.8. The van der Waals surface area contributed by atoms with E-state index in [1.807, 2.05) is 30.3 Å². The van der Waals surface area contributed by atoms with E-state index in [-0.39, 0.29) is 5.84 Å². The van der Waals surface area contributed by atoms with Crippen molar-refractivity contribution in [2.24, 2.45) is 5.73 Å². The van der Waals surface area contributed by atoms with Crippen molar-refractivity contribution in [1.82, 2.24) is 4.90 Å². The molecule has 1 atom stereocenters. The van der Waals surface area contributed by atoms with Crippen molar-refractivity contribution in [2.45, 2.75) is 12.5 Å². The molecule has 1 heterocycles. The van der Waals surface area contributed by atoms with E-state index in [1.165, 1.54) is 0 Å². The number of amides is 2. The van der Waals surface area contributed by atoms with Gasteiger partial charge in [-0.1, -0.05) is 42.5 Å². The number of fused-ring (bicyclic) bond motifs is 1. The first-order valence-corrected chi connectivity index (χ1v) is 6.94. The molecule has 0 spiro atoms. The fourth-order valence-electron chi connectivity index (χ4n) is 2.67. The first-order chi connectivity index (χ1) is 10.6. The second-order valence-corrected chi connectivity index (χ2v) is 5.19. The maximum atomic E-state index is 12.5. The van der Waals surface area contributed by atoms with Gasteiger partial charge in [-0.15, -0.1) is 0 Å². The van der Waals surface area contributed by atoms with E-state index >= 15 is 0 Å². The highest BCUT2D eigenvalue weighted by Gasteiger charge is 2.40. The number of carbonyl (C=O) groups excluding carboxylic acids is 2. The Balaban J connectivity index is 1.95. The smallest absolute Gasteiger partial charge is 0.262 e. The summed E-state index contributed by atoms with van der Waals surface area (Å²) in [6, 6.07) is 15.3. The van der Waals surface area contributed by atoms with Crippen LogP contribution in [0, 0.1) is 5.41 Å². The van der Waals surface area contributed by atoms with Gasteiger partial charge < -0.3 is 5.73 Å². The van der Waals surface area contributed by atoms with Crippen molar-refractivity contribution in [3.8, 4) is 0 Å². The zero-order valence-electron chi connectivity index (χ0n) is 11.8. The molecule has 0 aromatic heterocycles. The number of benzene rings is 2. The molecule has 0 fully saturated rings. The molecule has 2 aromatic carbocycles. The summed E-state index contributed by atoms with van der Waals surface area (Å²) in [6.45, 7) is 0. The van der Waals surface area contributed by atoms with Crippen LogP contribution in [0.1, 0.15) is 26.3 Å². The molecular weight excluding hydrogens is 278 g/mol. The Labute approximate surface area is 127 Å². The average molecular weight is 293 g/mol. The highest BCUT2D eigenvalue weighted by Crippen LogP contribution is 2.25. The minimum atomic E-state index is -0.769. The first kappa shape index (κ1) is 14.0. The molecule has 1 aliphatic rings. The molecule has 2 aromatic rings. The zero-order valence-corrected chi connectivity index (χ0v) is 11.8. The molecule has 0 unspecified atom stereocenters. The van der Waals surface area contributed by atoms with Crippen molar-refractivity contribution < 1.29 is 9.59 Å². The third-order valence-corrected chi connectivity index (χ3v) is 3.77. The summed E-state index contributed by atoms with van der Waals surface area (Å²) >= 11 is 0. The molecule has 1 aliphatic heterocycles. The van der Waals surface area contributed by atoms with Crippen molar-refractivity contribution in [3.05, 3.63) is 71.3 Å². The van der Waals surface area contributed by atoms with Crippen LogP contribution < -0.4 is 5.73 Å². The van der Waals surface area contributed by atoms with Gasteiger partial charge in [0.25, 0.3) is 11.8 Å². The molecule has 0 bridgehead atoms. The molecule has 0 saturated heterocycles. The zero-order chi connectivity index (χ0) is 15.7. The van der Waals surface area contributed by atoms with E-state index in [1.54, 1.807) is 24.3 Å². The van der Waals surface area contributed by atoms with Crippen LogP contribution in [-0.2, 0) is 6.42 Å². The first-order valence-electron chi connectivity index (χ1n) is 6.94. The lowest BCUT2D eigenvalue weighted by Gasteiger charge is -2.25. The highest BCUT2D eigenvalue weighted by atomic mass is 16.2. The predicted molar refractivity (Wildman–Crippen MR) is 82.8 cm³/mol. The molecule has 0 radical (unpaired) electrons. The average Bonchev–Trinajstić information content (AvgIpc) is 2.78. The number of carbonyl (C=O) groups is 2. The molecular formula is C17H15N3O2. The van der Waals surface area contributed by atoms with Crippen LogP contribution in [0.2, 0.25) is 0 Å². The number of nitrogens with two attached hydrogens (primary N) is 1. The Bertz CT molecular complexity index is 721. The van der Waals surface area contributed by atoms with Crippen LogP contribution in [0.25, 0.3) is 0 Å². The van der Waals surface area contributed by atoms with Gasteiger partial charge in [0.2, 0.25) is 0 Å². The predicted octanol–water partition coefficient (Wildman–Crippen LogP) is 1.83. The molecule has 0 aliphatic carbocycles. The van der Waals surface area contributed by atoms with Gasteiger partial charge in [0.05, 0.1) is 11.1 Å². The highest BCUT2D eigenvalue weighted by molar-refractivity contribution is 6.22. The van der Waals surface area contributed by atoms with Crippen LogP contribution in [0.5, 0.6) is 0 Å². The summed E-state index contributed by atoms with van der Waals surface area (Å²) in [5.41, 5.74) is 7.31. The summed E-state index contributed by atoms with van der Waals surface area (Å²) in [5, 5.41) is 7.78. The summed E-state index contributed by atoms with van der Waals surface area (Å²) in [6.07, 6.45) is 0.335. The Kier molecular flexibility index (Phi) is 3.47. The van der Waals surface area contributed by atoms with Crippen molar-refractivity contribution in [1.29, 1.82) is 5.41 Å². The fraction of sp³-hybridized carbons (Fsp3) is 0.118. The lowest BCUT2D eigenvalue weighted by Crippen LogP contribution is -2.48. The monoisotopic (exact) mass is 293 g/mol. The number of rotatable bonds is 4. The van der Waals surface area contributed by atoms with Crippen LogP contribution in [0.4, 0.5) is 0 Å². The number of amidine groups is 1. The Morgan fingerprint density at radius 1 is 0.955 bits per heavy atom. The van der Waals surface area contributed by atoms with E-state index < -0.39 is 17.9 Å². The van der Waals surface area contributed by atoms with Crippen molar-refractivity contribution in [3.63, 3.8) is 0 Å². The summed E-state index contributed by atoms with van der Waals surface area (Å²) in [4.78, 5) is 26.1. The Hall–Kier alpha value is -2.95. The summed E-state index contributed by atoms with van der Waals surface area (Å²) < 4.78 is 0. The molecule has 0 saturated carbocycles. The lowest BCUT2D eigenvalue weighted by atomic mass is 10.0. The van der Waals surface area contributed by atoms with Gasteiger partial charge in [0.1, 0.15) is 11.9 Å². The van der Waals surface area contributed by atoms with Crippen LogP contribution in [0.15, 0.2) is 54.6 Å². The molecule has 22 heavy (non-hydrogen) atoms. The van der Waals surface area contributed by atoms with E-state index in [2.05, 4.69) is 0 Å². The van der Waals surface area contributed by atoms with E-state index in [0.717, 1.165) is 10.5 Å². The summed E-state index contributed by atoms with van der Waals surface area (Å²) in [7, 11) is 0. The number of nitrogens with one attached hydrogen (secondary N) is 1. The molecule has 5 nitrogen and oxygen atoms in total. The number of nitrogens with zero attached hydrogens (tertiary/aromatic N) is 1. The maximum absolute atomic E-state index is 12.5. The van der Waals surface area contributed by atoms with Gasteiger partial charge in [-0.25, -0.2) is 0 Å². The minimum absolute atomic E-state index is 0.196. The topological polar surface area (TPSA) is 87.2 Å². The third kappa shape index (κ3) is 2.26. The summed E-state index contributed by atoms with van der Waals surface area (Å²) in [5.74, 6) is -0.980. The Morgan fingerprint density at radius 2 is 1.45 bits per heavy atom. The lowest BCUT2D eigenvalue weighted by molar-refractivity contribution is 0.0624. The number of hydrogen-bond donors (Lipinski definition) is 2. The largest absolute Gasteiger partial charge is 0.386 e. The second-order valence-electron chi connectivity index (χ2n) is 5.19. The van der Waals surface area contributed by atoms with Gasteiger partial charge in [0.15, 0.2) is 0 Å². The number of hydrogen-bond acceptors (Lipinski definition) is 3. The van der Waals surface area contributed by atoms with Crippen LogP contribution >= 0.6 is 0 Å². The third-order valence-electron chi connectivity index (χ3n) is 3.77. The van der Waals surface area contributed by atoms with Gasteiger partial charge >= 0.3 is 0 Å². The van der Waals surface area contributed by atoms with E-state index in [4.69, 9.17) is 11.1 Å². The van der Waals surface area contributed by atoms with Gasteiger partial charge in [0, 0.05) is 6.42 Å². The minimum Gasteiger partial charge on any atom is -0.386 e. The van der Waals surface area contributed by atoms with Crippen LogP contribution in [0.3, 0.4) is 0 Å². The number of imide groups is 1. The molecule has 110 valence electrons. The van der Waals surface area contributed by atoms with Gasteiger partial charge in [-0.3, -0.25) is 19.9 Å². The van der Waals surface area contributed by atoms with Crippen LogP contribution in [-0.4, -0.2) is 28.6 Å². The standard InChI is InChI=1S/C17H15N3O2/c18-15(19)14(10-11-6-2-1-3-7-11)20-16(21)12-8-4-5-9-13(12)17(20)22/h1-9,14H,10H2,(H3,18,19)/t14-/m1/s1. The molecule has 5 heteroatoms. The molecule has 2 amide bonds. The SMILES string of the molecule is N=C(N)[C@@H](Cc1ccccc1)N1C(=O)c2ccccc2C1=O.